The highest BCUT2D eigenvalue weighted by molar-refractivity contribution is 7.99. The number of fused-ring (bicyclic) bond motifs is 3. The van der Waals surface area contributed by atoms with Gasteiger partial charge < -0.3 is 5.11 Å². The summed E-state index contributed by atoms with van der Waals surface area (Å²) in [5.74, 6) is 0.491. The highest BCUT2D eigenvalue weighted by Crippen LogP contribution is 2.28. The van der Waals surface area contributed by atoms with Crippen molar-refractivity contribution in [3.63, 3.8) is 0 Å². The highest BCUT2D eigenvalue weighted by Gasteiger charge is 2.14. The fourth-order valence-electron chi connectivity index (χ4n) is 2.90. The number of hydrogen-bond acceptors (Lipinski definition) is 4. The zero-order valence-electron chi connectivity index (χ0n) is 13.6. The summed E-state index contributed by atoms with van der Waals surface area (Å²) < 4.78 is 2.04. The number of benzene rings is 2. The first-order chi connectivity index (χ1) is 12.1. The third-order valence-corrected chi connectivity index (χ3v) is 5.46. The Labute approximate surface area is 154 Å². The molecular weight excluding hydrogens is 354 g/mol. The van der Waals surface area contributed by atoms with E-state index in [2.05, 4.69) is 29.3 Å². The molecule has 4 nitrogen and oxygen atoms in total. The molecule has 0 radical (unpaired) electrons. The Hall–Kier alpha value is -2.08. The molecule has 0 fully saturated rings. The van der Waals surface area contributed by atoms with Crippen molar-refractivity contribution in [3.05, 3.63) is 70.7 Å². The minimum Gasteiger partial charge on any atom is -0.388 e. The third-order valence-electron chi connectivity index (χ3n) is 4.20. The van der Waals surface area contributed by atoms with Gasteiger partial charge in [0.15, 0.2) is 10.8 Å². The molecule has 0 saturated heterocycles. The van der Waals surface area contributed by atoms with Gasteiger partial charge in [-0.05, 0) is 42.3 Å². The van der Waals surface area contributed by atoms with Crippen molar-refractivity contribution >= 4 is 39.9 Å². The molecule has 0 amide bonds. The van der Waals surface area contributed by atoms with Crippen LogP contribution >= 0.6 is 23.4 Å². The summed E-state index contributed by atoms with van der Waals surface area (Å²) in [7, 11) is 0. The second-order valence-corrected chi connectivity index (χ2v) is 7.32. The van der Waals surface area contributed by atoms with E-state index in [4.69, 9.17) is 11.6 Å². The van der Waals surface area contributed by atoms with Crippen LogP contribution in [0.15, 0.2) is 59.8 Å². The lowest BCUT2D eigenvalue weighted by Gasteiger charge is -2.11. The van der Waals surface area contributed by atoms with Crippen molar-refractivity contribution in [2.75, 3.05) is 5.75 Å². The average molecular weight is 370 g/mol. The Morgan fingerprint density at radius 2 is 1.88 bits per heavy atom. The Morgan fingerprint density at radius 1 is 1.12 bits per heavy atom. The first-order valence-corrected chi connectivity index (χ1v) is 9.29. The summed E-state index contributed by atoms with van der Waals surface area (Å²) in [6.07, 6.45) is -0.591. The van der Waals surface area contributed by atoms with Crippen LogP contribution < -0.4 is 0 Å². The van der Waals surface area contributed by atoms with Gasteiger partial charge in [-0.1, -0.05) is 53.7 Å². The van der Waals surface area contributed by atoms with Crippen LogP contribution in [0.5, 0.6) is 0 Å². The number of aromatic nitrogens is 3. The molecule has 0 aliphatic heterocycles. The molecule has 0 bridgehead atoms. The van der Waals surface area contributed by atoms with E-state index in [9.17, 15) is 5.11 Å². The quantitative estimate of drug-likeness (QED) is 0.531. The summed E-state index contributed by atoms with van der Waals surface area (Å²) in [4.78, 5) is 0. The van der Waals surface area contributed by atoms with E-state index in [1.807, 2.05) is 34.7 Å². The van der Waals surface area contributed by atoms with E-state index >= 15 is 0 Å². The zero-order chi connectivity index (χ0) is 17.4. The van der Waals surface area contributed by atoms with Gasteiger partial charge >= 0.3 is 0 Å². The number of aryl methyl sites for hydroxylation is 1. The van der Waals surface area contributed by atoms with Crippen LogP contribution in [0.3, 0.4) is 0 Å². The van der Waals surface area contributed by atoms with Crippen molar-refractivity contribution < 1.29 is 5.11 Å². The molecule has 0 aliphatic carbocycles. The Balaban J connectivity index is 1.66. The molecule has 6 heteroatoms. The molecule has 2 aromatic carbocycles. The van der Waals surface area contributed by atoms with Crippen LogP contribution in [-0.4, -0.2) is 25.5 Å². The van der Waals surface area contributed by atoms with Gasteiger partial charge in [0.05, 0.1) is 11.6 Å². The number of rotatable bonds is 4. The van der Waals surface area contributed by atoms with Gasteiger partial charge in [-0.25, -0.2) is 0 Å². The number of pyridine rings is 1. The predicted octanol–water partition coefficient (Wildman–Crippen LogP) is 4.67. The number of aliphatic hydroxyl groups is 1. The largest absolute Gasteiger partial charge is 0.388 e. The summed E-state index contributed by atoms with van der Waals surface area (Å²) >= 11 is 7.39. The second-order valence-electron chi connectivity index (χ2n) is 5.90. The summed E-state index contributed by atoms with van der Waals surface area (Å²) in [5.41, 5.74) is 3.91. The second kappa shape index (κ2) is 6.67. The number of para-hydroxylation sites is 1. The molecule has 2 heterocycles. The van der Waals surface area contributed by atoms with Crippen LogP contribution in [0.2, 0.25) is 5.02 Å². The Morgan fingerprint density at radius 3 is 2.68 bits per heavy atom. The number of aliphatic hydroxyl groups excluding tert-OH is 1. The Kier molecular flexibility index (Phi) is 4.37. The fraction of sp³-hybridized carbons (Fsp3) is 0.158. The van der Waals surface area contributed by atoms with Crippen molar-refractivity contribution in [2.45, 2.75) is 18.2 Å². The zero-order valence-corrected chi connectivity index (χ0v) is 15.1. The van der Waals surface area contributed by atoms with Crippen LogP contribution in [0.4, 0.5) is 0 Å². The molecule has 126 valence electrons. The lowest BCUT2D eigenvalue weighted by molar-refractivity contribution is 0.204. The minimum atomic E-state index is -0.591. The summed E-state index contributed by atoms with van der Waals surface area (Å²) in [6.45, 7) is 2.08. The summed E-state index contributed by atoms with van der Waals surface area (Å²) in [6, 6.07) is 17.5. The van der Waals surface area contributed by atoms with Gasteiger partial charge in [0.1, 0.15) is 0 Å². The maximum Gasteiger partial charge on any atom is 0.196 e. The molecule has 2 aromatic heterocycles. The van der Waals surface area contributed by atoms with Crippen LogP contribution in [-0.2, 0) is 0 Å². The van der Waals surface area contributed by atoms with E-state index in [1.54, 1.807) is 12.1 Å². The first-order valence-electron chi connectivity index (χ1n) is 7.93. The van der Waals surface area contributed by atoms with E-state index in [0.717, 1.165) is 21.9 Å². The number of halogens is 1. The molecule has 0 unspecified atom stereocenters. The minimum absolute atomic E-state index is 0.491. The normalized spacial score (nSPS) is 12.8. The van der Waals surface area contributed by atoms with E-state index < -0.39 is 6.10 Å². The molecule has 0 saturated carbocycles. The van der Waals surface area contributed by atoms with Crippen molar-refractivity contribution in [1.82, 2.24) is 14.6 Å². The number of hydrogen-bond donors (Lipinski definition) is 1. The molecule has 1 N–H and O–H groups in total. The maximum atomic E-state index is 10.4. The molecule has 0 spiro atoms. The average Bonchev–Trinajstić information content (AvgIpc) is 3.03. The first kappa shape index (κ1) is 16.4. The molecule has 4 rings (SSSR count). The van der Waals surface area contributed by atoms with E-state index in [0.29, 0.717) is 10.8 Å². The van der Waals surface area contributed by atoms with Crippen LogP contribution in [0.1, 0.15) is 17.2 Å². The van der Waals surface area contributed by atoms with Crippen molar-refractivity contribution in [3.8, 4) is 0 Å². The lowest BCUT2D eigenvalue weighted by atomic mass is 10.1. The molecular formula is C19H16ClN3OS. The van der Waals surface area contributed by atoms with Crippen molar-refractivity contribution in [2.24, 2.45) is 0 Å². The van der Waals surface area contributed by atoms with Gasteiger partial charge in [-0.15, -0.1) is 10.2 Å². The maximum absolute atomic E-state index is 10.4. The highest BCUT2D eigenvalue weighted by atomic mass is 35.5. The summed E-state index contributed by atoms with van der Waals surface area (Å²) in [5, 5.41) is 21.6. The fourth-order valence-corrected chi connectivity index (χ4v) is 3.95. The van der Waals surface area contributed by atoms with Crippen LogP contribution in [0, 0.1) is 6.92 Å². The van der Waals surface area contributed by atoms with Gasteiger partial charge in [0.2, 0.25) is 0 Å². The lowest BCUT2D eigenvalue weighted by Crippen LogP contribution is -2.01. The molecule has 25 heavy (non-hydrogen) atoms. The van der Waals surface area contributed by atoms with Gasteiger partial charge in [-0.3, -0.25) is 4.40 Å². The van der Waals surface area contributed by atoms with Crippen LogP contribution in [0.25, 0.3) is 16.6 Å². The van der Waals surface area contributed by atoms with Crippen molar-refractivity contribution in [1.29, 1.82) is 0 Å². The smallest absolute Gasteiger partial charge is 0.196 e. The predicted molar refractivity (Wildman–Crippen MR) is 102 cm³/mol. The third kappa shape index (κ3) is 3.11. The molecule has 0 aliphatic rings. The van der Waals surface area contributed by atoms with Gasteiger partial charge in [0, 0.05) is 16.2 Å². The molecule has 1 atom stereocenters. The SMILES string of the molecule is Cc1cc2nnc(SC[C@H](O)c3ccc(Cl)cc3)n2c2ccccc12. The molecule has 4 aromatic rings. The number of nitrogens with zero attached hydrogens (tertiary/aromatic N) is 3. The monoisotopic (exact) mass is 369 g/mol. The number of thioether (sulfide) groups is 1. The standard InChI is InChI=1S/C19H16ClN3OS/c1-12-10-18-21-22-19(23(18)16-5-3-2-4-15(12)16)25-11-17(24)13-6-8-14(20)9-7-13/h2-10,17,24H,11H2,1H3/t17-/m0/s1. The van der Waals surface area contributed by atoms with E-state index in [-0.39, 0.29) is 0 Å². The van der Waals surface area contributed by atoms with Gasteiger partial charge in [-0.2, -0.15) is 0 Å². The van der Waals surface area contributed by atoms with Gasteiger partial charge in [0.25, 0.3) is 0 Å². The van der Waals surface area contributed by atoms with E-state index in [1.165, 1.54) is 22.7 Å². The Bertz CT molecular complexity index is 1050. The topological polar surface area (TPSA) is 50.4 Å².